The molecule has 1 heterocycles. The van der Waals surface area contributed by atoms with Crippen LogP contribution < -0.4 is 0 Å². The van der Waals surface area contributed by atoms with Gasteiger partial charge in [0.1, 0.15) is 0 Å². The van der Waals surface area contributed by atoms with Crippen LogP contribution in [-0.2, 0) is 11.3 Å². The van der Waals surface area contributed by atoms with E-state index < -0.39 is 10.9 Å². The van der Waals surface area contributed by atoms with E-state index in [0.717, 1.165) is 10.9 Å². The molecule has 25 heavy (non-hydrogen) atoms. The fourth-order valence-corrected chi connectivity index (χ4v) is 2.99. The van der Waals surface area contributed by atoms with Crippen LogP contribution in [0.4, 0.5) is 5.69 Å². The number of carbonyl (C=O) groups is 2. The minimum atomic E-state index is -0.693. The number of hydrogen-bond acceptors (Lipinski definition) is 6. The van der Waals surface area contributed by atoms with Gasteiger partial charge in [-0.05, 0) is 31.4 Å². The zero-order valence-electron chi connectivity index (χ0n) is 13.9. The maximum atomic E-state index is 12.8. The van der Waals surface area contributed by atoms with Crippen LogP contribution in [0, 0.1) is 10.1 Å². The summed E-state index contributed by atoms with van der Waals surface area (Å²) in [7, 11) is 0. The Hall–Kier alpha value is -2.74. The maximum Gasteiger partial charge on any atom is 0.338 e. The molecule has 1 aromatic heterocycles. The van der Waals surface area contributed by atoms with Crippen LogP contribution in [0.5, 0.6) is 0 Å². The highest BCUT2D eigenvalue weighted by atomic mass is 32.1. The number of non-ortho nitro benzene ring substituents is 1. The quantitative estimate of drug-likeness (QED) is 0.427. The molecular formula is C17H18N2O5S. The molecule has 2 aromatic rings. The number of amides is 1. The molecule has 0 unspecified atom stereocenters. The van der Waals surface area contributed by atoms with E-state index in [0.29, 0.717) is 13.1 Å². The second kappa shape index (κ2) is 8.39. The van der Waals surface area contributed by atoms with Crippen LogP contribution >= 0.6 is 11.3 Å². The SMILES string of the molecule is CCOC(=O)c1cc(C(=O)N(CC)Cc2cccs2)cc([N+](=O)[O-])c1. The van der Waals surface area contributed by atoms with Crippen LogP contribution in [0.2, 0.25) is 0 Å². The minimum Gasteiger partial charge on any atom is -0.462 e. The van der Waals surface area contributed by atoms with Crippen molar-refractivity contribution in [2.45, 2.75) is 20.4 Å². The third-order valence-electron chi connectivity index (χ3n) is 3.48. The molecule has 1 aromatic carbocycles. The third-order valence-corrected chi connectivity index (χ3v) is 4.34. The number of nitro groups is 1. The van der Waals surface area contributed by atoms with Crippen molar-refractivity contribution in [2.24, 2.45) is 0 Å². The summed E-state index contributed by atoms with van der Waals surface area (Å²) >= 11 is 1.53. The molecular weight excluding hydrogens is 344 g/mol. The van der Waals surface area contributed by atoms with E-state index in [1.54, 1.807) is 11.8 Å². The van der Waals surface area contributed by atoms with Gasteiger partial charge in [0.05, 0.1) is 23.6 Å². The van der Waals surface area contributed by atoms with E-state index in [4.69, 9.17) is 4.74 Å². The number of nitrogens with zero attached hydrogens (tertiary/aromatic N) is 2. The summed E-state index contributed by atoms with van der Waals surface area (Å²) in [6.07, 6.45) is 0. The van der Waals surface area contributed by atoms with Gasteiger partial charge < -0.3 is 9.64 Å². The Balaban J connectivity index is 2.36. The molecule has 0 N–H and O–H groups in total. The van der Waals surface area contributed by atoms with Gasteiger partial charge in [-0.1, -0.05) is 6.07 Å². The topological polar surface area (TPSA) is 89.8 Å². The standard InChI is InChI=1S/C17H18N2O5S/c1-3-18(11-15-6-5-7-25-15)16(20)12-8-13(17(21)24-4-2)10-14(9-12)19(22)23/h5-10H,3-4,11H2,1-2H3. The predicted octanol–water partition coefficient (Wildman–Crippen LogP) is 3.50. The highest BCUT2D eigenvalue weighted by Gasteiger charge is 2.22. The number of rotatable bonds is 7. The summed E-state index contributed by atoms with van der Waals surface area (Å²) in [5.74, 6) is -1.06. The number of carbonyl (C=O) groups excluding carboxylic acids is 2. The molecule has 0 bridgehead atoms. The van der Waals surface area contributed by atoms with Crippen LogP contribution in [-0.4, -0.2) is 34.9 Å². The van der Waals surface area contributed by atoms with Crippen molar-refractivity contribution in [1.29, 1.82) is 0 Å². The first-order chi connectivity index (χ1) is 12.0. The molecule has 1 amide bonds. The monoisotopic (exact) mass is 362 g/mol. The predicted molar refractivity (Wildman–Crippen MR) is 93.8 cm³/mol. The third kappa shape index (κ3) is 4.63. The molecule has 8 heteroatoms. The zero-order chi connectivity index (χ0) is 18.4. The Morgan fingerprint density at radius 2 is 1.96 bits per heavy atom. The lowest BCUT2D eigenvalue weighted by Gasteiger charge is -2.20. The smallest absolute Gasteiger partial charge is 0.338 e. The van der Waals surface area contributed by atoms with Crippen LogP contribution in [0.25, 0.3) is 0 Å². The first kappa shape index (κ1) is 18.6. The van der Waals surface area contributed by atoms with Gasteiger partial charge in [0, 0.05) is 29.1 Å². The molecule has 0 spiro atoms. The van der Waals surface area contributed by atoms with Crippen molar-refractivity contribution in [3.05, 3.63) is 61.8 Å². The van der Waals surface area contributed by atoms with Gasteiger partial charge in [-0.15, -0.1) is 11.3 Å². The molecule has 132 valence electrons. The number of esters is 1. The van der Waals surface area contributed by atoms with E-state index in [9.17, 15) is 19.7 Å². The highest BCUT2D eigenvalue weighted by Crippen LogP contribution is 2.21. The Morgan fingerprint density at radius 3 is 2.52 bits per heavy atom. The van der Waals surface area contributed by atoms with E-state index in [-0.39, 0.29) is 29.3 Å². The summed E-state index contributed by atoms with van der Waals surface area (Å²) in [5.41, 5.74) is -0.233. The van der Waals surface area contributed by atoms with E-state index >= 15 is 0 Å². The van der Waals surface area contributed by atoms with E-state index in [1.807, 2.05) is 24.4 Å². The summed E-state index contributed by atoms with van der Waals surface area (Å²) in [6.45, 7) is 4.46. The van der Waals surface area contributed by atoms with Crippen LogP contribution in [0.1, 0.15) is 39.4 Å². The normalized spacial score (nSPS) is 10.3. The molecule has 2 rings (SSSR count). The van der Waals surface area contributed by atoms with Gasteiger partial charge in [-0.3, -0.25) is 14.9 Å². The molecule has 0 aliphatic rings. The Bertz CT molecular complexity index is 773. The van der Waals surface area contributed by atoms with Crippen molar-refractivity contribution in [2.75, 3.05) is 13.2 Å². The van der Waals surface area contributed by atoms with Crippen molar-refractivity contribution >= 4 is 28.9 Å². The second-order valence-corrected chi connectivity index (χ2v) is 6.18. The molecule has 0 aliphatic carbocycles. The number of benzene rings is 1. The van der Waals surface area contributed by atoms with E-state index in [1.165, 1.54) is 23.5 Å². The Labute approximate surface area is 149 Å². The highest BCUT2D eigenvalue weighted by molar-refractivity contribution is 7.09. The van der Waals surface area contributed by atoms with Crippen molar-refractivity contribution in [1.82, 2.24) is 4.90 Å². The summed E-state index contributed by atoms with van der Waals surface area (Å²) in [4.78, 5) is 37.8. The summed E-state index contributed by atoms with van der Waals surface area (Å²) < 4.78 is 4.88. The molecule has 0 fully saturated rings. The maximum absolute atomic E-state index is 12.8. The fraction of sp³-hybridized carbons (Fsp3) is 0.294. The lowest BCUT2D eigenvalue weighted by atomic mass is 10.1. The van der Waals surface area contributed by atoms with Gasteiger partial charge in [0.15, 0.2) is 0 Å². The average molecular weight is 362 g/mol. The zero-order valence-corrected chi connectivity index (χ0v) is 14.7. The molecule has 0 radical (unpaired) electrons. The van der Waals surface area contributed by atoms with Crippen LogP contribution in [0.15, 0.2) is 35.7 Å². The first-order valence-electron chi connectivity index (χ1n) is 7.74. The Kier molecular flexibility index (Phi) is 6.24. The van der Waals surface area contributed by atoms with Gasteiger partial charge in [-0.2, -0.15) is 0 Å². The molecule has 0 atom stereocenters. The summed E-state index contributed by atoms with van der Waals surface area (Å²) in [6, 6.07) is 7.44. The number of thiophene rings is 1. The first-order valence-corrected chi connectivity index (χ1v) is 8.62. The molecule has 0 saturated heterocycles. The minimum absolute atomic E-state index is 0.00780. The second-order valence-electron chi connectivity index (χ2n) is 5.14. The lowest BCUT2D eigenvalue weighted by molar-refractivity contribution is -0.384. The largest absolute Gasteiger partial charge is 0.462 e. The summed E-state index contributed by atoms with van der Waals surface area (Å²) in [5, 5.41) is 13.1. The van der Waals surface area contributed by atoms with Crippen LogP contribution in [0.3, 0.4) is 0 Å². The Morgan fingerprint density at radius 1 is 1.24 bits per heavy atom. The van der Waals surface area contributed by atoms with Gasteiger partial charge in [0.25, 0.3) is 11.6 Å². The number of ether oxygens (including phenoxy) is 1. The van der Waals surface area contributed by atoms with Crippen molar-refractivity contribution in [3.8, 4) is 0 Å². The number of nitro benzene ring substituents is 1. The van der Waals surface area contributed by atoms with E-state index in [2.05, 4.69) is 0 Å². The molecule has 0 aliphatic heterocycles. The van der Waals surface area contributed by atoms with Gasteiger partial charge in [-0.25, -0.2) is 4.79 Å². The lowest BCUT2D eigenvalue weighted by Crippen LogP contribution is -2.30. The molecule has 7 nitrogen and oxygen atoms in total. The molecule has 0 saturated carbocycles. The average Bonchev–Trinajstić information content (AvgIpc) is 3.12. The van der Waals surface area contributed by atoms with Gasteiger partial charge >= 0.3 is 5.97 Å². The van der Waals surface area contributed by atoms with Gasteiger partial charge in [0.2, 0.25) is 0 Å². The number of hydrogen-bond donors (Lipinski definition) is 0. The fourth-order valence-electron chi connectivity index (χ4n) is 2.27. The van der Waals surface area contributed by atoms with Crippen molar-refractivity contribution in [3.63, 3.8) is 0 Å². The van der Waals surface area contributed by atoms with Crippen molar-refractivity contribution < 1.29 is 19.2 Å².